The molecule has 0 spiro atoms. The fourth-order valence-electron chi connectivity index (χ4n) is 8.69. The number of amides is 1. The molecule has 0 saturated carbocycles. The summed E-state index contributed by atoms with van der Waals surface area (Å²) in [6.45, 7) is 29.5. The Morgan fingerprint density at radius 2 is 1.15 bits per heavy atom. The van der Waals surface area contributed by atoms with E-state index in [1.54, 1.807) is 25.4 Å². The molecule has 7 aliphatic heterocycles. The van der Waals surface area contributed by atoms with Crippen LogP contribution in [0.15, 0.2) is 46.3 Å². The quantitative estimate of drug-likeness (QED) is 0.160. The molecule has 3 saturated heterocycles. The van der Waals surface area contributed by atoms with Crippen molar-refractivity contribution < 1.29 is 44.7 Å². The predicted molar refractivity (Wildman–Crippen MR) is 313 cm³/mol. The average Bonchev–Trinajstić information content (AvgIpc) is 3.36. The number of hydrogen-bond donors (Lipinski definition) is 12. The van der Waals surface area contributed by atoms with Crippen LogP contribution in [0.2, 0.25) is 65.2 Å². The first-order valence-corrected chi connectivity index (χ1v) is 27.3. The first-order valence-electron chi connectivity index (χ1n) is 27.3. The number of allylic oxidation sites excluding steroid dienone is 1. The van der Waals surface area contributed by atoms with E-state index in [1.807, 2.05) is 60.3 Å². The summed E-state index contributed by atoms with van der Waals surface area (Å²) in [6.07, 6.45) is 19.7. The van der Waals surface area contributed by atoms with Crippen molar-refractivity contribution in [2.45, 2.75) is 170 Å². The molecule has 0 aromatic rings. The summed E-state index contributed by atoms with van der Waals surface area (Å²) in [7, 11) is 2.14. The van der Waals surface area contributed by atoms with Gasteiger partial charge in [-0.15, -0.1) is 0 Å². The number of likely N-dealkylation sites (tertiary alicyclic amines) is 1. The molecule has 1 atom stereocenters. The van der Waals surface area contributed by atoms with Crippen molar-refractivity contribution in [3.05, 3.63) is 46.3 Å². The van der Waals surface area contributed by atoms with Crippen molar-refractivity contribution in [3.63, 3.8) is 0 Å². The molecule has 0 aliphatic carbocycles. The van der Waals surface area contributed by atoms with E-state index < -0.39 is 12.5 Å². The third-order valence-corrected chi connectivity index (χ3v) is 13.8. The van der Waals surface area contributed by atoms with Crippen LogP contribution in [-0.2, 0) is 4.74 Å². The molecule has 23 heteroatoms. The number of nitrogens with one attached hydrogen (secondary N) is 5. The molecule has 16 nitrogen and oxygen atoms in total. The molecule has 72 heavy (non-hydrogen) atoms. The maximum Gasteiger partial charge on any atom is 0.410 e. The molecule has 0 radical (unpaired) electrons. The van der Waals surface area contributed by atoms with Crippen LogP contribution in [0.4, 0.5) is 4.79 Å². The summed E-state index contributed by atoms with van der Waals surface area (Å²) < 4.78 is 5.27. The lowest BCUT2D eigenvalue weighted by molar-refractivity contribution is 0.0266. The Hall–Kier alpha value is -2.00. The fraction of sp³-hybridized carbons (Fsp3) is 0.816. The first kappa shape index (κ1) is 70.0. The van der Waals surface area contributed by atoms with Gasteiger partial charge >= 0.3 is 33.8 Å². The zero-order chi connectivity index (χ0) is 53.4. The van der Waals surface area contributed by atoms with Crippen molar-refractivity contribution in [2.75, 3.05) is 92.1 Å². The lowest BCUT2D eigenvalue weighted by Crippen LogP contribution is -2.40. The van der Waals surface area contributed by atoms with Crippen molar-refractivity contribution in [1.82, 2.24) is 36.4 Å². The molecule has 7 heterocycles. The van der Waals surface area contributed by atoms with Gasteiger partial charge in [0.1, 0.15) is 5.60 Å². The Labute approximate surface area is 442 Å². The normalized spacial score (nSPS) is 20.2. The number of rotatable bonds is 7. The highest BCUT2D eigenvalue weighted by Gasteiger charge is 2.26. The molecule has 0 aromatic heterocycles. The summed E-state index contributed by atoms with van der Waals surface area (Å²) in [5.41, 5.74) is 3.97. The smallest absolute Gasteiger partial charge is 0.410 e. The first-order chi connectivity index (χ1) is 33.5. The predicted octanol–water partition coefficient (Wildman–Crippen LogP) is 4.27. The van der Waals surface area contributed by atoms with Gasteiger partial charge in [-0.3, -0.25) is 0 Å². The van der Waals surface area contributed by atoms with E-state index in [2.05, 4.69) is 50.7 Å². The molecule has 410 valence electrons. The van der Waals surface area contributed by atoms with Gasteiger partial charge in [-0.1, -0.05) is 102 Å². The Kier molecular flexibility index (Phi) is 39.2. The van der Waals surface area contributed by atoms with Gasteiger partial charge in [0, 0.05) is 32.7 Å². The summed E-state index contributed by atoms with van der Waals surface area (Å²) in [6, 6.07) is 0. The minimum absolute atomic E-state index is 0. The van der Waals surface area contributed by atoms with Crippen molar-refractivity contribution in [1.29, 1.82) is 0 Å². The third-order valence-electron chi connectivity index (χ3n) is 13.8. The molecule has 0 bridgehead atoms. The Morgan fingerprint density at radius 1 is 0.583 bits per heavy atom. The van der Waals surface area contributed by atoms with E-state index in [0.717, 1.165) is 146 Å². The zero-order valence-electron chi connectivity index (χ0n) is 46.4. The monoisotopic (exact) mass is 1010 g/mol. The van der Waals surface area contributed by atoms with Crippen LogP contribution in [0.5, 0.6) is 0 Å². The Morgan fingerprint density at radius 3 is 1.50 bits per heavy atom. The molecule has 1 amide bonds. The second-order valence-corrected chi connectivity index (χ2v) is 21.5. The number of carbonyl (C=O) groups excluding carboxylic acids is 1. The van der Waals surface area contributed by atoms with E-state index >= 15 is 0 Å². The van der Waals surface area contributed by atoms with Gasteiger partial charge in [-0.2, -0.15) is 0 Å². The van der Waals surface area contributed by atoms with Crippen LogP contribution in [0.25, 0.3) is 0 Å². The van der Waals surface area contributed by atoms with Crippen LogP contribution in [0.3, 0.4) is 0 Å². The standard InChI is InChI=1S/C11H20BNO3.C7H16BNO.C6H14BNO.C6H12BNO.C6H14BNO.2C6H12BNO.CH4/c1-11(2,3)16-10(14)13-7-5-9(6-8-13)12(4)15;1-8(10)7-3-5-9(2)6-4-7;2*1-7(9)6-2-4-8-5-3-6;3*1-7(9)6-3-2-4-8-5-6;/h5,15H,6-8H2,1-4H3;7,10H,3-6H2,1-2H3;6,8-9H,2-5H2,1H3;2,8-9H,3-5H2,1H3;6,8-9H,2-5H2,1H3;5,8-9H,2-4H2,1H3;3,8-9H,2,4-5H2,1H3;1H4. The van der Waals surface area contributed by atoms with Crippen LogP contribution in [0.1, 0.15) is 98.8 Å². The number of nitrogens with zero attached hydrogens (tertiary/aromatic N) is 2. The third kappa shape index (κ3) is 33.8. The highest BCUT2D eigenvalue weighted by molar-refractivity contribution is 6.58. The summed E-state index contributed by atoms with van der Waals surface area (Å²) in [5, 5.41) is 80.1. The maximum absolute atomic E-state index is 11.7. The Bertz CT molecular complexity index is 1430. The topological polar surface area (TPSA) is 235 Å². The lowest BCUT2D eigenvalue weighted by atomic mass is 9.55. The van der Waals surface area contributed by atoms with Gasteiger partial charge < -0.3 is 76.3 Å². The van der Waals surface area contributed by atoms with Crippen LogP contribution in [0, 0.1) is 0 Å². The van der Waals surface area contributed by atoms with Gasteiger partial charge in [-0.05, 0) is 168 Å². The maximum atomic E-state index is 11.7. The average molecular weight is 1010 g/mol. The van der Waals surface area contributed by atoms with Crippen LogP contribution >= 0.6 is 0 Å². The van der Waals surface area contributed by atoms with Crippen molar-refractivity contribution in [2.24, 2.45) is 0 Å². The van der Waals surface area contributed by atoms with Crippen molar-refractivity contribution in [3.8, 4) is 0 Å². The minimum atomic E-state index is -0.453. The molecule has 3 fully saturated rings. The number of ether oxygens (including phenoxy) is 1. The van der Waals surface area contributed by atoms with E-state index in [1.165, 1.54) is 18.3 Å². The molecular weight excluding hydrogens is 906 g/mol. The number of carbonyl (C=O) groups is 1. The minimum Gasteiger partial charge on any atom is -0.450 e. The summed E-state index contributed by atoms with van der Waals surface area (Å²) in [4.78, 5) is 15.7. The zero-order valence-corrected chi connectivity index (χ0v) is 46.4. The van der Waals surface area contributed by atoms with Crippen molar-refractivity contribution >= 4 is 54.5 Å². The highest BCUT2D eigenvalue weighted by Crippen LogP contribution is 2.24. The molecule has 12 N–H and O–H groups in total. The lowest BCUT2D eigenvalue weighted by Gasteiger charge is -2.29. The van der Waals surface area contributed by atoms with Crippen LogP contribution in [-0.4, -0.2) is 197 Å². The van der Waals surface area contributed by atoms with E-state index in [0.29, 0.717) is 30.5 Å². The SMILES string of the molecule is C.CB(O)C1=CCCNC1.CB(O)C1=CCN(C(=O)OC(C)(C)C)CC1.CB(O)C1=CCNCC1.CB(O)C1=CNCCC1.CB(O)C1CCCNC1.CB(O)C1CCN(C)CC1.CB(O)C1CCNCC1. The van der Waals surface area contributed by atoms with Gasteiger partial charge in [0.25, 0.3) is 20.7 Å². The molecule has 1 unspecified atom stereocenters. The second-order valence-electron chi connectivity index (χ2n) is 21.5. The largest absolute Gasteiger partial charge is 0.450 e. The van der Waals surface area contributed by atoms with E-state index in [4.69, 9.17) is 29.9 Å². The molecule has 7 aliphatic rings. The van der Waals surface area contributed by atoms with Gasteiger partial charge in [0.15, 0.2) is 0 Å². The fourth-order valence-corrected chi connectivity index (χ4v) is 8.69. The molecule has 7 rings (SSSR count). The van der Waals surface area contributed by atoms with Crippen LogP contribution < -0.4 is 26.6 Å². The van der Waals surface area contributed by atoms with Gasteiger partial charge in [-0.25, -0.2) is 4.79 Å². The van der Waals surface area contributed by atoms with E-state index in [-0.39, 0.29) is 55.0 Å². The second kappa shape index (κ2) is 40.3. The molecule has 0 aromatic carbocycles. The highest BCUT2D eigenvalue weighted by atomic mass is 16.6. The molecular formula is C49H104B7N7O9. The van der Waals surface area contributed by atoms with Gasteiger partial charge in [0.05, 0.1) is 0 Å². The summed E-state index contributed by atoms with van der Waals surface area (Å²) >= 11 is 0. The number of hydrogen-bond acceptors (Lipinski definition) is 15. The summed E-state index contributed by atoms with van der Waals surface area (Å²) in [5.74, 6) is 1.60. The van der Waals surface area contributed by atoms with E-state index in [9.17, 15) is 14.8 Å². The number of piperidine rings is 3. The van der Waals surface area contributed by atoms with Gasteiger partial charge in [0.2, 0.25) is 0 Å². The Balaban J connectivity index is 0.000000825.